The third kappa shape index (κ3) is 4.72. The van der Waals surface area contributed by atoms with Crippen LogP contribution in [0.15, 0.2) is 24.3 Å². The lowest BCUT2D eigenvalue weighted by Gasteiger charge is -2.29. The van der Waals surface area contributed by atoms with E-state index in [1.165, 1.54) is 13.2 Å². The Balaban J connectivity index is 1.92. The highest BCUT2D eigenvalue weighted by molar-refractivity contribution is 5.89. The molecule has 1 fully saturated rings. The fourth-order valence-electron chi connectivity index (χ4n) is 2.88. The summed E-state index contributed by atoms with van der Waals surface area (Å²) >= 11 is 0. The van der Waals surface area contributed by atoms with Gasteiger partial charge in [-0.1, -0.05) is 18.6 Å². The molecule has 1 aromatic rings. The Morgan fingerprint density at radius 1 is 1.25 bits per heavy atom. The van der Waals surface area contributed by atoms with Gasteiger partial charge in [-0.3, -0.25) is 4.79 Å². The van der Waals surface area contributed by atoms with Crippen LogP contribution in [0.3, 0.4) is 0 Å². The van der Waals surface area contributed by atoms with Crippen molar-refractivity contribution in [3.05, 3.63) is 35.4 Å². The molecule has 4 nitrogen and oxygen atoms in total. The van der Waals surface area contributed by atoms with Gasteiger partial charge in [0.2, 0.25) is 0 Å². The van der Waals surface area contributed by atoms with E-state index in [1.807, 2.05) is 0 Å². The molecule has 0 radical (unpaired) electrons. The molecule has 1 aliphatic rings. The first kappa shape index (κ1) is 18.3. The van der Waals surface area contributed by atoms with Crippen LogP contribution in [0.2, 0.25) is 0 Å². The van der Waals surface area contributed by atoms with Gasteiger partial charge in [0.05, 0.1) is 24.5 Å². The van der Waals surface area contributed by atoms with E-state index in [9.17, 15) is 22.8 Å². The first-order chi connectivity index (χ1) is 11.3. The van der Waals surface area contributed by atoms with Crippen molar-refractivity contribution in [2.45, 2.75) is 38.5 Å². The molecule has 0 heterocycles. The quantitative estimate of drug-likeness (QED) is 0.778. The van der Waals surface area contributed by atoms with Crippen LogP contribution in [0, 0.1) is 11.8 Å². The molecule has 7 heteroatoms. The van der Waals surface area contributed by atoms with Crippen LogP contribution in [-0.2, 0) is 20.9 Å². The van der Waals surface area contributed by atoms with Gasteiger partial charge in [-0.15, -0.1) is 0 Å². The van der Waals surface area contributed by atoms with Gasteiger partial charge < -0.3 is 9.47 Å². The van der Waals surface area contributed by atoms with E-state index in [4.69, 9.17) is 4.74 Å². The summed E-state index contributed by atoms with van der Waals surface area (Å²) in [5.74, 6) is -3.29. The van der Waals surface area contributed by atoms with Crippen molar-refractivity contribution in [2.24, 2.45) is 11.8 Å². The van der Waals surface area contributed by atoms with Gasteiger partial charge >= 0.3 is 18.1 Å². The minimum absolute atomic E-state index is 0.0639. The van der Waals surface area contributed by atoms with Crippen LogP contribution < -0.4 is 0 Å². The zero-order valence-corrected chi connectivity index (χ0v) is 13.3. The molecule has 0 spiro atoms. The lowest BCUT2D eigenvalue weighted by atomic mass is 9.81. The molecule has 1 aromatic carbocycles. The van der Waals surface area contributed by atoms with Crippen LogP contribution in [0.4, 0.5) is 13.2 Å². The summed E-state index contributed by atoms with van der Waals surface area (Å²) in [4.78, 5) is 23.5. The fourth-order valence-corrected chi connectivity index (χ4v) is 2.88. The average molecular weight is 344 g/mol. The van der Waals surface area contributed by atoms with E-state index in [0.29, 0.717) is 24.0 Å². The van der Waals surface area contributed by atoms with E-state index < -0.39 is 30.0 Å². The second-order valence-electron chi connectivity index (χ2n) is 5.90. The molecule has 1 aliphatic carbocycles. The van der Waals surface area contributed by atoms with Gasteiger partial charge in [-0.25, -0.2) is 4.79 Å². The highest BCUT2D eigenvalue weighted by Crippen LogP contribution is 2.40. The number of hydrogen-bond acceptors (Lipinski definition) is 4. The topological polar surface area (TPSA) is 52.6 Å². The maximum absolute atomic E-state index is 12.8. The Bertz CT molecular complexity index is 598. The highest BCUT2D eigenvalue weighted by atomic mass is 19.4. The molecule has 132 valence electrons. The molecule has 2 atom stereocenters. The summed E-state index contributed by atoms with van der Waals surface area (Å²) in [6, 6.07) is 6.37. The standard InChI is InChI=1S/C17H19F3O4/c1-23-15(21)12-5-2-4-11(8-12)10-24-16(22)13-6-3-7-14(9-13)17(18,19)20/h2,4-5,8,13-14H,3,6-7,9-10H2,1H3. The minimum Gasteiger partial charge on any atom is -0.465 e. The smallest absolute Gasteiger partial charge is 0.391 e. The van der Waals surface area contributed by atoms with Crippen molar-refractivity contribution < 1.29 is 32.2 Å². The molecule has 2 unspecified atom stereocenters. The van der Waals surface area contributed by atoms with E-state index in [1.54, 1.807) is 18.2 Å². The second-order valence-corrected chi connectivity index (χ2v) is 5.90. The average Bonchev–Trinajstić information content (AvgIpc) is 2.58. The van der Waals surface area contributed by atoms with Crippen molar-refractivity contribution in [3.8, 4) is 0 Å². The maximum atomic E-state index is 12.8. The Labute approximate surface area is 137 Å². The van der Waals surface area contributed by atoms with Crippen LogP contribution in [-0.4, -0.2) is 25.2 Å². The van der Waals surface area contributed by atoms with E-state index >= 15 is 0 Å². The summed E-state index contributed by atoms with van der Waals surface area (Å²) < 4.78 is 48.1. The first-order valence-corrected chi connectivity index (χ1v) is 7.72. The number of halogens is 3. The third-order valence-electron chi connectivity index (χ3n) is 4.20. The molecule has 24 heavy (non-hydrogen) atoms. The van der Waals surface area contributed by atoms with Gasteiger partial charge in [-0.2, -0.15) is 13.2 Å². The molecule has 0 aliphatic heterocycles. The number of alkyl halides is 3. The van der Waals surface area contributed by atoms with Crippen LogP contribution in [0.25, 0.3) is 0 Å². The molecule has 0 amide bonds. The zero-order valence-electron chi connectivity index (χ0n) is 13.3. The number of carbonyl (C=O) groups is 2. The summed E-state index contributed by atoms with van der Waals surface area (Å²) in [5.41, 5.74) is 0.898. The van der Waals surface area contributed by atoms with E-state index in [2.05, 4.69) is 4.74 Å². The van der Waals surface area contributed by atoms with Crippen molar-refractivity contribution in [1.82, 2.24) is 0 Å². The Morgan fingerprint density at radius 2 is 2.00 bits per heavy atom. The number of rotatable bonds is 4. The van der Waals surface area contributed by atoms with Gasteiger partial charge in [0.25, 0.3) is 0 Å². The number of esters is 2. The second kappa shape index (κ2) is 7.68. The van der Waals surface area contributed by atoms with Crippen molar-refractivity contribution >= 4 is 11.9 Å². The summed E-state index contributed by atoms with van der Waals surface area (Å²) in [5, 5.41) is 0. The van der Waals surface area contributed by atoms with E-state index in [0.717, 1.165) is 0 Å². The lowest BCUT2D eigenvalue weighted by molar-refractivity contribution is -0.189. The van der Waals surface area contributed by atoms with Gasteiger partial charge in [0, 0.05) is 0 Å². The largest absolute Gasteiger partial charge is 0.465 e. The van der Waals surface area contributed by atoms with Crippen LogP contribution in [0.5, 0.6) is 0 Å². The van der Waals surface area contributed by atoms with Gasteiger partial charge in [0.15, 0.2) is 0 Å². The molecule has 2 rings (SSSR count). The van der Waals surface area contributed by atoms with Gasteiger partial charge in [-0.05, 0) is 37.0 Å². The number of methoxy groups -OCH3 is 1. The number of ether oxygens (including phenoxy) is 2. The lowest BCUT2D eigenvalue weighted by Crippen LogP contribution is -2.32. The van der Waals surface area contributed by atoms with E-state index in [-0.39, 0.29) is 19.4 Å². The molecule has 0 saturated heterocycles. The first-order valence-electron chi connectivity index (χ1n) is 7.72. The minimum atomic E-state index is -4.27. The summed E-state index contributed by atoms with van der Waals surface area (Å²) in [6.07, 6.45) is -3.65. The third-order valence-corrected chi connectivity index (χ3v) is 4.20. The number of benzene rings is 1. The molecule has 1 saturated carbocycles. The Kier molecular flexibility index (Phi) is 5.85. The number of carbonyl (C=O) groups excluding carboxylic acids is 2. The molecular weight excluding hydrogens is 325 g/mol. The molecule has 0 aromatic heterocycles. The maximum Gasteiger partial charge on any atom is 0.391 e. The van der Waals surface area contributed by atoms with Gasteiger partial charge in [0.1, 0.15) is 6.61 Å². The van der Waals surface area contributed by atoms with Crippen LogP contribution in [0.1, 0.15) is 41.6 Å². The monoisotopic (exact) mass is 344 g/mol. The molecular formula is C17H19F3O4. The highest BCUT2D eigenvalue weighted by Gasteiger charge is 2.43. The Hall–Kier alpha value is -2.05. The molecule has 0 bridgehead atoms. The molecule has 0 N–H and O–H groups in total. The predicted molar refractivity (Wildman–Crippen MR) is 79.1 cm³/mol. The Morgan fingerprint density at radius 3 is 2.67 bits per heavy atom. The predicted octanol–water partition coefficient (Wildman–Crippen LogP) is 3.89. The number of hydrogen-bond donors (Lipinski definition) is 0. The summed E-state index contributed by atoms with van der Waals surface area (Å²) in [7, 11) is 1.26. The van der Waals surface area contributed by atoms with Crippen LogP contribution >= 0.6 is 0 Å². The normalized spacial score (nSPS) is 21.2. The van der Waals surface area contributed by atoms with Crippen molar-refractivity contribution in [3.63, 3.8) is 0 Å². The van der Waals surface area contributed by atoms with Crippen molar-refractivity contribution in [2.75, 3.05) is 7.11 Å². The fraction of sp³-hybridized carbons (Fsp3) is 0.529. The SMILES string of the molecule is COC(=O)c1cccc(COC(=O)C2CCCC(C(F)(F)F)C2)c1. The van der Waals surface area contributed by atoms with Crippen molar-refractivity contribution in [1.29, 1.82) is 0 Å². The zero-order chi connectivity index (χ0) is 17.7. The summed E-state index contributed by atoms with van der Waals surface area (Å²) in [6.45, 7) is -0.0865.